The maximum absolute atomic E-state index is 14.1. The summed E-state index contributed by atoms with van der Waals surface area (Å²) >= 11 is 1.79. The summed E-state index contributed by atoms with van der Waals surface area (Å²) < 4.78 is 25.7. The number of ether oxygens (including phenoxy) is 2. The Labute approximate surface area is 170 Å². The Bertz CT molecular complexity index is 900. The number of hydrogen-bond acceptors (Lipinski definition) is 3. The molecule has 0 aliphatic rings. The largest absolute Gasteiger partial charge is 0.454 e. The van der Waals surface area contributed by atoms with Gasteiger partial charge in [0.2, 0.25) is 0 Å². The van der Waals surface area contributed by atoms with Crippen LogP contribution >= 0.6 is 11.3 Å². The lowest BCUT2D eigenvalue weighted by Gasteiger charge is -2.23. The van der Waals surface area contributed by atoms with Gasteiger partial charge in [-0.25, -0.2) is 4.39 Å². The van der Waals surface area contributed by atoms with Gasteiger partial charge in [-0.05, 0) is 52.8 Å². The van der Waals surface area contributed by atoms with E-state index in [1.54, 1.807) is 35.6 Å². The van der Waals surface area contributed by atoms with Gasteiger partial charge in [-0.3, -0.25) is 0 Å². The normalized spacial score (nSPS) is 11.8. The van der Waals surface area contributed by atoms with Crippen LogP contribution < -0.4 is 4.74 Å². The van der Waals surface area contributed by atoms with E-state index in [1.807, 2.05) is 18.2 Å². The highest BCUT2D eigenvalue weighted by Gasteiger charge is 2.23. The number of para-hydroxylation sites is 1. The summed E-state index contributed by atoms with van der Waals surface area (Å²) in [5.74, 6) is 0.974. The van der Waals surface area contributed by atoms with E-state index in [-0.39, 0.29) is 17.0 Å². The van der Waals surface area contributed by atoms with Crippen LogP contribution in [0.1, 0.15) is 49.6 Å². The first-order valence-corrected chi connectivity index (χ1v) is 10.4. The van der Waals surface area contributed by atoms with Crippen LogP contribution in [0.3, 0.4) is 0 Å². The van der Waals surface area contributed by atoms with E-state index in [4.69, 9.17) is 9.47 Å². The van der Waals surface area contributed by atoms with E-state index in [0.29, 0.717) is 24.9 Å². The average Bonchev–Trinajstić information content (AvgIpc) is 3.17. The predicted octanol–water partition coefficient (Wildman–Crippen LogP) is 7.30. The van der Waals surface area contributed by atoms with Crippen molar-refractivity contribution in [3.63, 3.8) is 0 Å². The maximum Gasteiger partial charge on any atom is 0.165 e. The molecular weight excluding hydrogens is 371 g/mol. The highest BCUT2D eigenvalue weighted by molar-refractivity contribution is 7.10. The molecule has 2 nitrogen and oxygen atoms in total. The number of benzene rings is 2. The number of thiophene rings is 1. The van der Waals surface area contributed by atoms with Crippen LogP contribution in [-0.4, -0.2) is 6.61 Å². The molecule has 0 aliphatic carbocycles. The van der Waals surface area contributed by atoms with Gasteiger partial charge in [0, 0.05) is 10.3 Å². The molecule has 0 atom stereocenters. The minimum atomic E-state index is -0.382. The summed E-state index contributed by atoms with van der Waals surface area (Å²) in [6.07, 6.45) is 0. The molecule has 0 fully saturated rings. The van der Waals surface area contributed by atoms with Crippen molar-refractivity contribution in [3.8, 4) is 11.5 Å². The molecule has 0 saturated heterocycles. The second kappa shape index (κ2) is 8.89. The zero-order valence-electron chi connectivity index (χ0n) is 16.9. The van der Waals surface area contributed by atoms with Gasteiger partial charge in [0.05, 0.1) is 13.2 Å². The fourth-order valence-electron chi connectivity index (χ4n) is 2.84. The Morgan fingerprint density at radius 1 is 1.04 bits per heavy atom. The van der Waals surface area contributed by atoms with Gasteiger partial charge >= 0.3 is 0 Å². The third-order valence-electron chi connectivity index (χ3n) is 4.65. The van der Waals surface area contributed by atoms with Gasteiger partial charge in [0.15, 0.2) is 11.6 Å². The van der Waals surface area contributed by atoms with Crippen LogP contribution in [0, 0.1) is 5.82 Å². The Balaban J connectivity index is 1.61. The molecule has 0 bridgehead atoms. The smallest absolute Gasteiger partial charge is 0.165 e. The van der Waals surface area contributed by atoms with Crippen molar-refractivity contribution >= 4 is 11.3 Å². The molecule has 0 amide bonds. The van der Waals surface area contributed by atoms with Crippen LogP contribution in [0.15, 0.2) is 60.0 Å². The zero-order chi connectivity index (χ0) is 20.1. The second-order valence-corrected chi connectivity index (χ2v) is 8.87. The SMILES string of the molecule is CC(C)c1csc(C(C)(C)COCc2ccc(F)c(Oc3ccccc3)c2)c1. The molecule has 2 aromatic carbocycles. The lowest BCUT2D eigenvalue weighted by atomic mass is 9.91. The lowest BCUT2D eigenvalue weighted by molar-refractivity contribution is 0.0834. The highest BCUT2D eigenvalue weighted by atomic mass is 32.1. The molecule has 0 saturated carbocycles. The van der Waals surface area contributed by atoms with Gasteiger partial charge in [0.1, 0.15) is 5.75 Å². The third-order valence-corrected chi connectivity index (χ3v) is 5.97. The molecule has 148 valence electrons. The first-order chi connectivity index (χ1) is 13.3. The molecule has 1 aromatic heterocycles. The molecule has 0 aliphatic heterocycles. The summed E-state index contributed by atoms with van der Waals surface area (Å²) in [4.78, 5) is 1.32. The molecule has 0 radical (unpaired) electrons. The van der Waals surface area contributed by atoms with Crippen LogP contribution in [0.5, 0.6) is 11.5 Å². The van der Waals surface area contributed by atoms with Gasteiger partial charge < -0.3 is 9.47 Å². The van der Waals surface area contributed by atoms with E-state index in [9.17, 15) is 4.39 Å². The van der Waals surface area contributed by atoms with Gasteiger partial charge in [-0.2, -0.15) is 0 Å². The Morgan fingerprint density at radius 3 is 2.46 bits per heavy atom. The first kappa shape index (κ1) is 20.6. The van der Waals surface area contributed by atoms with Crippen LogP contribution in [0.2, 0.25) is 0 Å². The third kappa shape index (κ3) is 5.21. The fraction of sp³-hybridized carbons (Fsp3) is 0.333. The molecule has 3 rings (SSSR count). The molecule has 0 spiro atoms. The minimum absolute atomic E-state index is 0.0682. The summed E-state index contributed by atoms with van der Waals surface area (Å²) in [6.45, 7) is 9.81. The summed E-state index contributed by atoms with van der Waals surface area (Å²) in [5.41, 5.74) is 2.19. The van der Waals surface area contributed by atoms with E-state index >= 15 is 0 Å². The number of hydrogen-bond donors (Lipinski definition) is 0. The Morgan fingerprint density at radius 2 is 1.79 bits per heavy atom. The van der Waals surface area contributed by atoms with E-state index in [0.717, 1.165) is 5.56 Å². The average molecular weight is 399 g/mol. The van der Waals surface area contributed by atoms with Gasteiger partial charge in [-0.15, -0.1) is 11.3 Å². The summed E-state index contributed by atoms with van der Waals surface area (Å²) in [5, 5.41) is 2.23. The van der Waals surface area contributed by atoms with Crippen molar-refractivity contribution in [1.29, 1.82) is 0 Å². The van der Waals surface area contributed by atoms with Crippen LogP contribution in [-0.2, 0) is 16.8 Å². The fourth-order valence-corrected chi connectivity index (χ4v) is 4.02. The van der Waals surface area contributed by atoms with Crippen molar-refractivity contribution in [2.75, 3.05) is 6.61 Å². The number of rotatable bonds is 8. The lowest BCUT2D eigenvalue weighted by Crippen LogP contribution is -2.23. The topological polar surface area (TPSA) is 18.5 Å². The molecular formula is C24H27FO2S. The van der Waals surface area contributed by atoms with Gasteiger partial charge in [0.25, 0.3) is 0 Å². The zero-order valence-corrected chi connectivity index (χ0v) is 17.7. The van der Waals surface area contributed by atoms with Crippen molar-refractivity contribution < 1.29 is 13.9 Å². The van der Waals surface area contributed by atoms with Crippen LogP contribution in [0.4, 0.5) is 4.39 Å². The predicted molar refractivity (Wildman–Crippen MR) is 114 cm³/mol. The molecule has 0 N–H and O–H groups in total. The molecule has 0 unspecified atom stereocenters. The quantitative estimate of drug-likeness (QED) is 0.396. The molecule has 1 heterocycles. The van der Waals surface area contributed by atoms with Gasteiger partial charge in [-0.1, -0.05) is 52.0 Å². The van der Waals surface area contributed by atoms with E-state index in [2.05, 4.69) is 39.1 Å². The van der Waals surface area contributed by atoms with Crippen molar-refractivity contribution in [2.45, 2.75) is 45.6 Å². The summed E-state index contributed by atoms with van der Waals surface area (Å²) in [6, 6.07) is 16.4. The standard InChI is InChI=1S/C24H27FO2S/c1-17(2)19-13-23(28-15-19)24(3,4)16-26-14-18-10-11-21(25)22(12-18)27-20-8-6-5-7-9-20/h5-13,15,17H,14,16H2,1-4H3. The first-order valence-electron chi connectivity index (χ1n) is 9.53. The van der Waals surface area contributed by atoms with Crippen LogP contribution in [0.25, 0.3) is 0 Å². The minimum Gasteiger partial charge on any atom is -0.454 e. The number of halogens is 1. The monoisotopic (exact) mass is 398 g/mol. The second-order valence-electron chi connectivity index (χ2n) is 7.96. The molecule has 3 aromatic rings. The Kier molecular flexibility index (Phi) is 6.53. The Hall–Kier alpha value is -2.17. The van der Waals surface area contributed by atoms with Crippen molar-refractivity contribution in [3.05, 3.63) is 81.8 Å². The summed E-state index contributed by atoms with van der Waals surface area (Å²) in [7, 11) is 0. The van der Waals surface area contributed by atoms with E-state index in [1.165, 1.54) is 16.5 Å². The van der Waals surface area contributed by atoms with Crippen molar-refractivity contribution in [2.24, 2.45) is 0 Å². The van der Waals surface area contributed by atoms with E-state index < -0.39 is 0 Å². The maximum atomic E-state index is 14.1. The molecule has 28 heavy (non-hydrogen) atoms. The molecule has 4 heteroatoms. The highest BCUT2D eigenvalue weighted by Crippen LogP contribution is 2.33. The van der Waals surface area contributed by atoms with Crippen molar-refractivity contribution in [1.82, 2.24) is 0 Å².